The molecule has 0 radical (unpaired) electrons. The van der Waals surface area contributed by atoms with E-state index in [-0.39, 0.29) is 11.3 Å². The average molecular weight is 474 g/mol. The number of hydrogen-bond acceptors (Lipinski definition) is 6. The van der Waals surface area contributed by atoms with Crippen molar-refractivity contribution in [3.05, 3.63) is 55.9 Å². The van der Waals surface area contributed by atoms with Gasteiger partial charge in [0.25, 0.3) is 11.6 Å². The summed E-state index contributed by atoms with van der Waals surface area (Å²) in [5.74, 6) is -0.580. The molecule has 0 saturated heterocycles. The number of aryl methyl sites for hydroxylation is 1. The van der Waals surface area contributed by atoms with E-state index in [9.17, 15) is 20.2 Å². The van der Waals surface area contributed by atoms with E-state index >= 15 is 0 Å². The Morgan fingerprint density at radius 3 is 2.48 bits per heavy atom. The molecule has 7 nitrogen and oxygen atoms in total. The molecule has 0 spiro atoms. The van der Waals surface area contributed by atoms with Gasteiger partial charge in [0.15, 0.2) is 0 Å². The van der Waals surface area contributed by atoms with Gasteiger partial charge >= 0.3 is 0 Å². The van der Waals surface area contributed by atoms with Crippen molar-refractivity contribution in [1.29, 1.82) is 5.26 Å². The summed E-state index contributed by atoms with van der Waals surface area (Å²) >= 11 is 19.6. The van der Waals surface area contributed by atoms with Crippen molar-refractivity contribution >= 4 is 62.7 Å². The molecule has 0 aliphatic heterocycles. The molecule has 0 bridgehead atoms. The van der Waals surface area contributed by atoms with Gasteiger partial charge < -0.3 is 10.6 Å². The molecule has 1 aromatic carbocycles. The molecule has 1 amide bonds. The Labute approximate surface area is 185 Å². The van der Waals surface area contributed by atoms with E-state index in [1.807, 2.05) is 0 Å². The zero-order chi connectivity index (χ0) is 21.2. The van der Waals surface area contributed by atoms with Gasteiger partial charge in [-0.05, 0) is 43.4 Å². The van der Waals surface area contributed by atoms with Gasteiger partial charge in [-0.15, -0.1) is 11.3 Å². The minimum absolute atomic E-state index is 0.138. The van der Waals surface area contributed by atoms with Crippen LogP contribution in [-0.4, -0.2) is 20.8 Å². The highest BCUT2D eigenvalue weighted by molar-refractivity contribution is 7.16. The van der Waals surface area contributed by atoms with Crippen LogP contribution in [0, 0.1) is 21.4 Å². The topological polar surface area (TPSA) is 108 Å². The second-order valence-corrected chi connectivity index (χ2v) is 9.90. The number of nitro benzene ring substituents is 1. The molecule has 1 aliphatic carbocycles. The lowest BCUT2D eigenvalue weighted by Crippen LogP contribution is -2.49. The minimum Gasteiger partial charge on any atom is -0.352 e. The van der Waals surface area contributed by atoms with Crippen molar-refractivity contribution < 1.29 is 9.72 Å². The lowest BCUT2D eigenvalue weighted by Gasteiger charge is -2.27. The number of halogens is 3. The van der Waals surface area contributed by atoms with Gasteiger partial charge in [-0.3, -0.25) is 14.9 Å². The highest BCUT2D eigenvalue weighted by atomic mass is 35.6. The highest BCUT2D eigenvalue weighted by Crippen LogP contribution is 2.40. The Hall–Kier alpha value is -2.05. The molecule has 2 N–H and O–H groups in total. The number of nitro groups is 1. The number of nitrogens with one attached hydrogen (secondary N) is 2. The summed E-state index contributed by atoms with van der Waals surface area (Å²) in [5, 5.41) is 26.5. The molecular weight excluding hydrogens is 459 g/mol. The maximum Gasteiger partial charge on any atom is 0.269 e. The quantitative estimate of drug-likeness (QED) is 0.276. The van der Waals surface area contributed by atoms with Crippen LogP contribution < -0.4 is 10.6 Å². The van der Waals surface area contributed by atoms with Crippen LogP contribution >= 0.6 is 46.1 Å². The zero-order valence-corrected chi connectivity index (χ0v) is 18.0. The maximum atomic E-state index is 12.6. The van der Waals surface area contributed by atoms with E-state index in [4.69, 9.17) is 34.8 Å². The van der Waals surface area contributed by atoms with Crippen LogP contribution in [0.4, 0.5) is 10.7 Å². The Balaban J connectivity index is 1.82. The molecule has 3 rings (SSSR count). The number of thiophene rings is 1. The van der Waals surface area contributed by atoms with Crippen LogP contribution in [-0.2, 0) is 12.8 Å². The summed E-state index contributed by atoms with van der Waals surface area (Å²) in [5.41, 5.74) is 1.55. The first-order valence-corrected chi connectivity index (χ1v) is 10.6. The highest BCUT2D eigenvalue weighted by Gasteiger charge is 2.36. The van der Waals surface area contributed by atoms with Crippen LogP contribution in [0.3, 0.4) is 0 Å². The molecule has 0 unspecified atom stereocenters. The monoisotopic (exact) mass is 472 g/mol. The minimum atomic E-state index is -1.91. The number of fused-ring (bicyclic) bond motifs is 1. The number of non-ortho nitro benzene ring substituents is 1. The smallest absolute Gasteiger partial charge is 0.269 e. The third-order valence-corrected chi connectivity index (χ3v) is 6.38. The molecule has 1 atom stereocenters. The third kappa shape index (κ3) is 4.93. The SMILES string of the molecule is N#Cc1c(N[C@H](NC(=O)c2ccc([N+](=O)[O-])cc2)C(Cl)(Cl)Cl)sc2c1CCCC2. The number of anilines is 1. The summed E-state index contributed by atoms with van der Waals surface area (Å²) in [4.78, 5) is 23.9. The maximum absolute atomic E-state index is 12.6. The zero-order valence-electron chi connectivity index (χ0n) is 14.9. The number of nitrogens with zero attached hydrogens (tertiary/aromatic N) is 2. The van der Waals surface area contributed by atoms with E-state index in [1.54, 1.807) is 0 Å². The lowest BCUT2D eigenvalue weighted by molar-refractivity contribution is -0.384. The van der Waals surface area contributed by atoms with Crippen molar-refractivity contribution in [3.63, 3.8) is 0 Å². The van der Waals surface area contributed by atoms with Crippen LogP contribution in [0.15, 0.2) is 24.3 Å². The molecule has 1 aliphatic rings. The standard InChI is InChI=1S/C18H15Cl3N4O3S/c19-18(20,21)17(23-15(26)10-5-7-11(8-6-10)25(27)28)24-16-13(9-22)12-3-1-2-4-14(12)29-16/h5-8,17,24H,1-4H2,(H,23,26)/t17-/m0/s1. The number of carbonyl (C=O) groups is 1. The fourth-order valence-corrected chi connectivity index (χ4v) is 4.66. The van der Waals surface area contributed by atoms with Crippen LogP contribution in [0.25, 0.3) is 0 Å². The average Bonchev–Trinajstić information content (AvgIpc) is 3.03. The number of carbonyl (C=O) groups excluding carboxylic acids is 1. The molecule has 1 heterocycles. The second kappa shape index (κ2) is 8.76. The molecule has 2 aromatic rings. The fourth-order valence-electron chi connectivity index (χ4n) is 3.07. The molecular formula is C18H15Cl3N4O3S. The van der Waals surface area contributed by atoms with Crippen molar-refractivity contribution in [3.8, 4) is 6.07 Å². The van der Waals surface area contributed by atoms with Crippen LogP contribution in [0.5, 0.6) is 0 Å². The van der Waals surface area contributed by atoms with Gasteiger partial charge in [0, 0.05) is 22.6 Å². The summed E-state index contributed by atoms with van der Waals surface area (Å²) < 4.78 is -1.91. The van der Waals surface area contributed by atoms with Gasteiger partial charge in [-0.2, -0.15) is 5.26 Å². The predicted molar refractivity (Wildman–Crippen MR) is 114 cm³/mol. The Bertz CT molecular complexity index is 980. The normalized spacial score (nSPS) is 14.4. The van der Waals surface area contributed by atoms with Gasteiger partial charge in [-0.25, -0.2) is 0 Å². The van der Waals surface area contributed by atoms with Gasteiger partial charge in [-0.1, -0.05) is 34.8 Å². The molecule has 0 saturated carbocycles. The number of amides is 1. The van der Waals surface area contributed by atoms with Crippen molar-refractivity contribution in [2.45, 2.75) is 35.6 Å². The summed E-state index contributed by atoms with van der Waals surface area (Å²) in [6.45, 7) is 0. The van der Waals surface area contributed by atoms with Crippen LogP contribution in [0.1, 0.15) is 39.2 Å². The Kier molecular flexibility index (Phi) is 6.54. The molecule has 1 aromatic heterocycles. The van der Waals surface area contributed by atoms with Gasteiger partial charge in [0.1, 0.15) is 17.2 Å². The summed E-state index contributed by atoms with van der Waals surface area (Å²) in [7, 11) is 0. The van der Waals surface area contributed by atoms with Crippen molar-refractivity contribution in [2.24, 2.45) is 0 Å². The van der Waals surface area contributed by atoms with E-state index in [2.05, 4.69) is 16.7 Å². The Morgan fingerprint density at radius 2 is 1.90 bits per heavy atom. The first-order chi connectivity index (χ1) is 13.7. The number of alkyl halides is 3. The number of rotatable bonds is 5. The number of hydrogen-bond donors (Lipinski definition) is 2. The van der Waals surface area contributed by atoms with Gasteiger partial charge in [0.05, 0.1) is 10.5 Å². The largest absolute Gasteiger partial charge is 0.352 e. The van der Waals surface area contributed by atoms with E-state index in [0.717, 1.165) is 36.1 Å². The second-order valence-electron chi connectivity index (χ2n) is 6.42. The Morgan fingerprint density at radius 1 is 1.24 bits per heavy atom. The van der Waals surface area contributed by atoms with Crippen LogP contribution in [0.2, 0.25) is 0 Å². The van der Waals surface area contributed by atoms with Crippen molar-refractivity contribution in [1.82, 2.24) is 5.32 Å². The van der Waals surface area contributed by atoms with E-state index in [0.29, 0.717) is 10.6 Å². The number of nitriles is 1. The summed E-state index contributed by atoms with van der Waals surface area (Å²) in [6.07, 6.45) is 2.67. The lowest BCUT2D eigenvalue weighted by atomic mass is 9.96. The van der Waals surface area contributed by atoms with Crippen molar-refractivity contribution in [2.75, 3.05) is 5.32 Å². The van der Waals surface area contributed by atoms with Gasteiger partial charge in [0.2, 0.25) is 3.79 Å². The molecule has 11 heteroatoms. The predicted octanol–water partition coefficient (Wildman–Crippen LogP) is 4.94. The van der Waals surface area contributed by atoms with E-state index in [1.165, 1.54) is 35.6 Å². The first kappa shape index (κ1) is 21.7. The molecule has 0 fully saturated rings. The van der Waals surface area contributed by atoms with E-state index < -0.39 is 20.8 Å². The first-order valence-electron chi connectivity index (χ1n) is 8.64. The molecule has 152 valence electrons. The summed E-state index contributed by atoms with van der Waals surface area (Å²) in [6, 6.07) is 7.26. The third-order valence-electron chi connectivity index (χ3n) is 4.50. The molecule has 29 heavy (non-hydrogen) atoms. The number of benzene rings is 1. The fraction of sp³-hybridized carbons (Fsp3) is 0.333.